The smallest absolute Gasteiger partial charge is 0.387 e. The number of thiophene rings is 1. The number of fused-ring (bicyclic) bond motifs is 1. The summed E-state index contributed by atoms with van der Waals surface area (Å²) < 4.78 is 36.4. The Labute approximate surface area is 227 Å². The highest BCUT2D eigenvalue weighted by atomic mass is 32.2. The van der Waals surface area contributed by atoms with Crippen LogP contribution >= 0.6 is 23.1 Å². The third-order valence-electron chi connectivity index (χ3n) is 5.94. The molecule has 1 N–H and O–H groups in total. The molecule has 1 atom stereocenters. The third-order valence-corrected chi connectivity index (χ3v) is 8.08. The molecule has 2 heterocycles. The molecule has 12 heteroatoms. The number of anilines is 1. The molecule has 3 aromatic rings. The van der Waals surface area contributed by atoms with Crippen LogP contribution in [0.4, 0.5) is 13.8 Å². The number of hydrogen-bond donors (Lipinski definition) is 1. The SMILES string of the molecule is C=CCn1c(SCC(=O)Nc2sc3c(c2C(=O)OCC)CCC(C)C3)nnc1-c1ccc(OC(F)F)cc1. The number of aromatic nitrogens is 3. The topological polar surface area (TPSA) is 95.3 Å². The van der Waals surface area contributed by atoms with Crippen LogP contribution in [0.5, 0.6) is 5.75 Å². The number of rotatable bonds is 11. The number of amides is 1. The second-order valence-electron chi connectivity index (χ2n) is 8.72. The Morgan fingerprint density at radius 2 is 2.08 bits per heavy atom. The van der Waals surface area contributed by atoms with E-state index in [-0.39, 0.29) is 24.0 Å². The normalized spacial score (nSPS) is 14.7. The van der Waals surface area contributed by atoms with Crippen LogP contribution in [0.15, 0.2) is 42.1 Å². The van der Waals surface area contributed by atoms with Gasteiger partial charge in [-0.1, -0.05) is 24.8 Å². The Bertz CT molecular complexity index is 1310. The molecule has 8 nitrogen and oxygen atoms in total. The van der Waals surface area contributed by atoms with Crippen molar-refractivity contribution in [3.63, 3.8) is 0 Å². The molecule has 4 rings (SSSR count). The van der Waals surface area contributed by atoms with E-state index in [0.717, 1.165) is 29.7 Å². The Morgan fingerprint density at radius 3 is 2.76 bits per heavy atom. The summed E-state index contributed by atoms with van der Waals surface area (Å²) in [5, 5.41) is 12.4. The molecule has 0 saturated carbocycles. The molecule has 2 aromatic heterocycles. The van der Waals surface area contributed by atoms with Crippen molar-refractivity contribution in [1.29, 1.82) is 0 Å². The average molecular weight is 563 g/mol. The Balaban J connectivity index is 1.48. The molecule has 1 aliphatic rings. The number of ether oxygens (including phenoxy) is 2. The maximum atomic E-state index is 12.9. The van der Waals surface area contributed by atoms with Crippen LogP contribution in [-0.2, 0) is 28.9 Å². The fourth-order valence-electron chi connectivity index (χ4n) is 4.24. The van der Waals surface area contributed by atoms with Crippen LogP contribution in [0.25, 0.3) is 11.4 Å². The highest BCUT2D eigenvalue weighted by Gasteiger charge is 2.29. The monoisotopic (exact) mass is 562 g/mol. The largest absolute Gasteiger partial charge is 0.462 e. The van der Waals surface area contributed by atoms with Crippen LogP contribution in [0.1, 0.15) is 41.1 Å². The lowest BCUT2D eigenvalue weighted by Gasteiger charge is -2.18. The molecular weight excluding hydrogens is 534 g/mol. The second-order valence-corrected chi connectivity index (χ2v) is 10.8. The number of esters is 1. The first-order valence-corrected chi connectivity index (χ1v) is 13.9. The van der Waals surface area contributed by atoms with Crippen molar-refractivity contribution in [2.45, 2.75) is 51.4 Å². The quantitative estimate of drug-likeness (QED) is 0.179. The van der Waals surface area contributed by atoms with Crippen molar-refractivity contribution in [2.24, 2.45) is 5.92 Å². The van der Waals surface area contributed by atoms with Crippen LogP contribution in [0.3, 0.4) is 0 Å². The van der Waals surface area contributed by atoms with Gasteiger partial charge in [0.1, 0.15) is 10.8 Å². The number of hydrogen-bond acceptors (Lipinski definition) is 8. The Kier molecular flexibility index (Phi) is 9.16. The first-order valence-electron chi connectivity index (χ1n) is 12.1. The van der Waals surface area contributed by atoms with E-state index >= 15 is 0 Å². The lowest BCUT2D eigenvalue weighted by molar-refractivity contribution is -0.113. The molecule has 1 aromatic carbocycles. The van der Waals surface area contributed by atoms with Gasteiger partial charge >= 0.3 is 12.6 Å². The number of nitrogens with one attached hydrogen (secondary N) is 1. The average Bonchev–Trinajstić information content (AvgIpc) is 3.43. The first kappa shape index (κ1) is 27.8. The lowest BCUT2D eigenvalue weighted by atomic mass is 9.88. The molecule has 0 bridgehead atoms. The van der Waals surface area contributed by atoms with E-state index in [0.29, 0.717) is 39.6 Å². The summed E-state index contributed by atoms with van der Waals surface area (Å²) in [5.74, 6) is 0.405. The van der Waals surface area contributed by atoms with Gasteiger partial charge in [-0.3, -0.25) is 9.36 Å². The van der Waals surface area contributed by atoms with Gasteiger partial charge in [0.25, 0.3) is 0 Å². The standard InChI is InChI=1S/C26H28F2N4O4S2/c1-4-12-32-22(16-7-9-17(10-8-16)36-25(27)28)30-31-26(32)37-14-20(33)29-23-21(24(34)35-5-2)18-11-6-15(3)13-19(18)38-23/h4,7-10,15,25H,1,5-6,11-14H2,2-3H3,(H,29,33). The van der Waals surface area contributed by atoms with E-state index in [9.17, 15) is 18.4 Å². The van der Waals surface area contributed by atoms with Crippen molar-refractivity contribution >= 4 is 40.0 Å². The number of carbonyl (C=O) groups is 2. The predicted molar refractivity (Wildman–Crippen MR) is 143 cm³/mol. The predicted octanol–water partition coefficient (Wildman–Crippen LogP) is 5.83. The fourth-order valence-corrected chi connectivity index (χ4v) is 6.40. The summed E-state index contributed by atoms with van der Waals surface area (Å²) in [4.78, 5) is 26.8. The van der Waals surface area contributed by atoms with Gasteiger partial charge < -0.3 is 14.8 Å². The molecular formula is C26H28F2N4O4S2. The molecule has 38 heavy (non-hydrogen) atoms. The number of halogens is 2. The van der Waals surface area contributed by atoms with Crippen molar-refractivity contribution in [2.75, 3.05) is 17.7 Å². The molecule has 1 aliphatic carbocycles. The molecule has 0 spiro atoms. The van der Waals surface area contributed by atoms with Crippen molar-refractivity contribution in [1.82, 2.24) is 14.8 Å². The van der Waals surface area contributed by atoms with Crippen molar-refractivity contribution in [3.05, 3.63) is 52.9 Å². The second kappa shape index (κ2) is 12.5. The van der Waals surface area contributed by atoms with Gasteiger partial charge in [0, 0.05) is 17.0 Å². The van der Waals surface area contributed by atoms with Gasteiger partial charge in [-0.25, -0.2) is 4.79 Å². The van der Waals surface area contributed by atoms with E-state index in [1.54, 1.807) is 29.7 Å². The number of benzene rings is 1. The summed E-state index contributed by atoms with van der Waals surface area (Å²) in [5.41, 5.74) is 2.10. The van der Waals surface area contributed by atoms with E-state index in [2.05, 4.69) is 33.8 Å². The summed E-state index contributed by atoms with van der Waals surface area (Å²) in [6.45, 7) is 5.44. The summed E-state index contributed by atoms with van der Waals surface area (Å²) in [7, 11) is 0. The summed E-state index contributed by atoms with van der Waals surface area (Å²) >= 11 is 2.64. The van der Waals surface area contributed by atoms with Gasteiger partial charge in [0.2, 0.25) is 5.91 Å². The number of alkyl halides is 2. The summed E-state index contributed by atoms with van der Waals surface area (Å²) in [6, 6.07) is 6.08. The van der Waals surface area contributed by atoms with Crippen molar-refractivity contribution in [3.8, 4) is 17.1 Å². The van der Waals surface area contributed by atoms with E-state index in [1.165, 1.54) is 35.2 Å². The maximum absolute atomic E-state index is 12.9. The number of allylic oxidation sites excluding steroid dienone is 1. The minimum atomic E-state index is -2.91. The van der Waals surface area contributed by atoms with E-state index < -0.39 is 12.6 Å². The van der Waals surface area contributed by atoms with Crippen LogP contribution in [-0.4, -0.2) is 45.6 Å². The van der Waals surface area contributed by atoms with Crippen LogP contribution in [0.2, 0.25) is 0 Å². The van der Waals surface area contributed by atoms with Gasteiger partial charge in [0.15, 0.2) is 11.0 Å². The van der Waals surface area contributed by atoms with E-state index in [4.69, 9.17) is 4.74 Å². The zero-order chi connectivity index (χ0) is 27.2. The zero-order valence-corrected chi connectivity index (χ0v) is 22.7. The molecule has 1 unspecified atom stereocenters. The van der Waals surface area contributed by atoms with Gasteiger partial charge in [-0.15, -0.1) is 28.1 Å². The first-order chi connectivity index (χ1) is 18.3. The van der Waals surface area contributed by atoms with E-state index in [1.807, 2.05) is 0 Å². The number of thioether (sulfide) groups is 1. The van der Waals surface area contributed by atoms with Crippen molar-refractivity contribution < 1.29 is 27.8 Å². The fraction of sp³-hybridized carbons (Fsp3) is 0.385. The minimum Gasteiger partial charge on any atom is -0.462 e. The molecule has 0 fully saturated rings. The van der Waals surface area contributed by atoms with Gasteiger partial charge in [-0.05, 0) is 61.9 Å². The number of carbonyl (C=O) groups excluding carboxylic acids is 2. The summed E-state index contributed by atoms with van der Waals surface area (Å²) in [6.07, 6.45) is 4.32. The zero-order valence-electron chi connectivity index (χ0n) is 21.0. The molecule has 0 saturated heterocycles. The third kappa shape index (κ3) is 6.41. The van der Waals surface area contributed by atoms with Gasteiger partial charge in [-0.2, -0.15) is 8.78 Å². The molecule has 0 radical (unpaired) electrons. The number of nitrogens with zero attached hydrogens (tertiary/aromatic N) is 3. The highest BCUT2D eigenvalue weighted by molar-refractivity contribution is 7.99. The van der Waals surface area contributed by atoms with Crippen LogP contribution in [0, 0.1) is 5.92 Å². The maximum Gasteiger partial charge on any atom is 0.387 e. The Hall–Kier alpha value is -3.25. The molecule has 1 amide bonds. The highest BCUT2D eigenvalue weighted by Crippen LogP contribution is 2.40. The van der Waals surface area contributed by atoms with Crippen LogP contribution < -0.4 is 10.1 Å². The Morgan fingerprint density at radius 1 is 1.32 bits per heavy atom. The molecule has 0 aliphatic heterocycles. The lowest BCUT2D eigenvalue weighted by Crippen LogP contribution is -2.18. The minimum absolute atomic E-state index is 0.0386. The molecule has 202 valence electrons. The van der Waals surface area contributed by atoms with Gasteiger partial charge in [0.05, 0.1) is 17.9 Å².